The summed E-state index contributed by atoms with van der Waals surface area (Å²) in [7, 11) is 0. The minimum atomic E-state index is -0.527. The molecule has 1 fully saturated rings. The third-order valence-corrected chi connectivity index (χ3v) is 5.34. The van der Waals surface area contributed by atoms with Crippen molar-refractivity contribution < 1.29 is 14.4 Å². The predicted molar refractivity (Wildman–Crippen MR) is 103 cm³/mol. The summed E-state index contributed by atoms with van der Waals surface area (Å²) in [5.41, 5.74) is 1.25. The van der Waals surface area contributed by atoms with E-state index in [1.165, 1.54) is 16.7 Å². The van der Waals surface area contributed by atoms with Crippen LogP contribution in [0.15, 0.2) is 59.1 Å². The van der Waals surface area contributed by atoms with Crippen LogP contribution in [0.3, 0.4) is 0 Å². The average molecular weight is 419 g/mol. The molecule has 1 saturated heterocycles. The van der Waals surface area contributed by atoms with Crippen molar-refractivity contribution in [2.24, 2.45) is 0 Å². The lowest BCUT2D eigenvalue weighted by Crippen LogP contribution is -2.31. The molecule has 0 saturated carbocycles. The van der Waals surface area contributed by atoms with E-state index < -0.39 is 5.25 Å². The number of anilines is 2. The van der Waals surface area contributed by atoms with Crippen LogP contribution in [0.1, 0.15) is 6.42 Å². The first-order chi connectivity index (χ1) is 12.0. The summed E-state index contributed by atoms with van der Waals surface area (Å²) in [5, 5.41) is 2.25. The van der Waals surface area contributed by atoms with Gasteiger partial charge >= 0.3 is 0 Å². The van der Waals surface area contributed by atoms with E-state index in [9.17, 15) is 14.4 Å². The molecule has 128 valence electrons. The molecule has 1 aliphatic heterocycles. The van der Waals surface area contributed by atoms with Gasteiger partial charge in [0, 0.05) is 16.6 Å². The molecule has 5 nitrogen and oxygen atoms in total. The van der Waals surface area contributed by atoms with Gasteiger partial charge in [0.2, 0.25) is 17.7 Å². The van der Waals surface area contributed by atoms with Crippen molar-refractivity contribution in [2.45, 2.75) is 11.7 Å². The molecule has 3 amide bonds. The molecule has 7 heteroatoms. The van der Waals surface area contributed by atoms with Gasteiger partial charge in [-0.25, -0.2) is 4.90 Å². The third kappa shape index (κ3) is 4.29. The summed E-state index contributed by atoms with van der Waals surface area (Å²) in [6, 6.07) is 16.1. The Hall–Kier alpha value is -2.12. The van der Waals surface area contributed by atoms with Crippen molar-refractivity contribution in [3.05, 3.63) is 59.1 Å². The fourth-order valence-corrected chi connectivity index (χ4v) is 3.85. The van der Waals surface area contributed by atoms with Crippen molar-refractivity contribution in [3.63, 3.8) is 0 Å². The maximum Gasteiger partial charge on any atom is 0.247 e. The number of imide groups is 1. The number of nitrogens with one attached hydrogen (secondary N) is 1. The molecule has 0 radical (unpaired) electrons. The fourth-order valence-electron chi connectivity index (χ4n) is 2.52. The summed E-state index contributed by atoms with van der Waals surface area (Å²) in [6.07, 6.45) is 0.114. The Balaban J connectivity index is 1.58. The summed E-state index contributed by atoms with van der Waals surface area (Å²) in [6.45, 7) is 0. The van der Waals surface area contributed by atoms with Crippen molar-refractivity contribution in [3.8, 4) is 0 Å². The minimum absolute atomic E-state index is 0.110. The minimum Gasteiger partial charge on any atom is -0.325 e. The van der Waals surface area contributed by atoms with Gasteiger partial charge in [0.15, 0.2) is 0 Å². The van der Waals surface area contributed by atoms with Crippen molar-refractivity contribution in [1.29, 1.82) is 0 Å². The number of nitrogens with zero attached hydrogens (tertiary/aromatic N) is 1. The monoisotopic (exact) mass is 418 g/mol. The Morgan fingerprint density at radius 1 is 1.16 bits per heavy atom. The predicted octanol–water partition coefficient (Wildman–Crippen LogP) is 3.45. The molecule has 0 spiro atoms. The van der Waals surface area contributed by atoms with Gasteiger partial charge in [-0.1, -0.05) is 40.2 Å². The topological polar surface area (TPSA) is 66.5 Å². The fraction of sp³-hybridized carbons (Fsp3) is 0.167. The van der Waals surface area contributed by atoms with Crippen LogP contribution in [0.25, 0.3) is 0 Å². The molecule has 1 N–H and O–H groups in total. The van der Waals surface area contributed by atoms with Gasteiger partial charge in [-0.05, 0) is 30.3 Å². The number of rotatable bonds is 5. The highest BCUT2D eigenvalue weighted by Crippen LogP contribution is 2.29. The average Bonchev–Trinajstić information content (AvgIpc) is 2.87. The summed E-state index contributed by atoms with van der Waals surface area (Å²) < 4.78 is 0.869. The van der Waals surface area contributed by atoms with E-state index in [-0.39, 0.29) is 29.9 Å². The van der Waals surface area contributed by atoms with E-state index in [1.54, 1.807) is 36.4 Å². The molecular formula is C18H15BrN2O3S. The molecule has 1 aliphatic rings. The van der Waals surface area contributed by atoms with Crippen LogP contribution in [-0.4, -0.2) is 28.7 Å². The van der Waals surface area contributed by atoms with Crippen LogP contribution in [0.4, 0.5) is 11.4 Å². The van der Waals surface area contributed by atoms with Gasteiger partial charge < -0.3 is 5.32 Å². The number of hydrogen-bond donors (Lipinski definition) is 1. The number of carbonyl (C=O) groups excluding carboxylic acids is 3. The standard InChI is InChI=1S/C18H15BrN2O3S/c19-12-5-4-6-13(9-12)20-16(22)11-25-15-10-17(23)21(18(15)24)14-7-2-1-3-8-14/h1-9,15H,10-11H2,(H,20,22). The number of halogens is 1. The second-order valence-corrected chi connectivity index (χ2v) is 7.57. The molecule has 3 rings (SSSR count). The first-order valence-electron chi connectivity index (χ1n) is 7.63. The summed E-state index contributed by atoms with van der Waals surface area (Å²) in [4.78, 5) is 37.9. The van der Waals surface area contributed by atoms with Crippen LogP contribution in [0, 0.1) is 0 Å². The van der Waals surface area contributed by atoms with Crippen LogP contribution in [0.5, 0.6) is 0 Å². The highest BCUT2D eigenvalue weighted by atomic mass is 79.9. The van der Waals surface area contributed by atoms with Gasteiger partial charge in [0.05, 0.1) is 16.7 Å². The second kappa shape index (κ2) is 7.84. The molecule has 0 aromatic heterocycles. The Kier molecular flexibility index (Phi) is 5.55. The Morgan fingerprint density at radius 3 is 2.64 bits per heavy atom. The van der Waals surface area contributed by atoms with Crippen molar-refractivity contribution >= 4 is 56.8 Å². The smallest absolute Gasteiger partial charge is 0.247 e. The first-order valence-corrected chi connectivity index (χ1v) is 9.47. The van der Waals surface area contributed by atoms with E-state index in [2.05, 4.69) is 21.2 Å². The van der Waals surface area contributed by atoms with Crippen LogP contribution < -0.4 is 10.2 Å². The summed E-state index contributed by atoms with van der Waals surface area (Å²) >= 11 is 4.53. The second-order valence-electron chi connectivity index (χ2n) is 5.47. The van der Waals surface area contributed by atoms with E-state index in [4.69, 9.17) is 0 Å². The number of benzene rings is 2. The quantitative estimate of drug-likeness (QED) is 0.754. The highest BCUT2D eigenvalue weighted by molar-refractivity contribution is 9.10. The zero-order valence-electron chi connectivity index (χ0n) is 13.1. The Labute approximate surface area is 157 Å². The van der Waals surface area contributed by atoms with E-state index >= 15 is 0 Å². The van der Waals surface area contributed by atoms with Gasteiger partial charge in [0.1, 0.15) is 0 Å². The maximum atomic E-state index is 12.5. The van der Waals surface area contributed by atoms with Gasteiger partial charge in [-0.3, -0.25) is 14.4 Å². The molecule has 0 bridgehead atoms. The van der Waals surface area contributed by atoms with E-state index in [1.807, 2.05) is 18.2 Å². The number of carbonyl (C=O) groups is 3. The van der Waals surface area contributed by atoms with E-state index in [0.29, 0.717) is 11.4 Å². The van der Waals surface area contributed by atoms with Crippen LogP contribution in [0.2, 0.25) is 0 Å². The molecular weight excluding hydrogens is 404 g/mol. The Bertz CT molecular complexity index is 813. The molecule has 2 aromatic carbocycles. The number of para-hydroxylation sites is 1. The molecule has 1 heterocycles. The van der Waals surface area contributed by atoms with Gasteiger partial charge in [-0.15, -0.1) is 11.8 Å². The van der Waals surface area contributed by atoms with Gasteiger partial charge in [-0.2, -0.15) is 0 Å². The molecule has 0 aliphatic carbocycles. The van der Waals surface area contributed by atoms with Crippen molar-refractivity contribution in [1.82, 2.24) is 0 Å². The van der Waals surface area contributed by atoms with E-state index in [0.717, 1.165) is 4.47 Å². The molecule has 1 unspecified atom stereocenters. The van der Waals surface area contributed by atoms with Crippen molar-refractivity contribution in [2.75, 3.05) is 16.0 Å². The molecule has 1 atom stereocenters. The number of amides is 3. The number of hydrogen-bond acceptors (Lipinski definition) is 4. The van der Waals surface area contributed by atoms with Crippen LogP contribution in [-0.2, 0) is 14.4 Å². The van der Waals surface area contributed by atoms with Gasteiger partial charge in [0.25, 0.3) is 0 Å². The van der Waals surface area contributed by atoms with Crippen LogP contribution >= 0.6 is 27.7 Å². The zero-order chi connectivity index (χ0) is 17.8. The molecule has 2 aromatic rings. The lowest BCUT2D eigenvalue weighted by molar-refractivity contribution is -0.121. The lowest BCUT2D eigenvalue weighted by Gasteiger charge is -2.14. The first kappa shape index (κ1) is 17.7. The Morgan fingerprint density at radius 2 is 1.92 bits per heavy atom. The SMILES string of the molecule is O=C(CSC1CC(=O)N(c2ccccc2)C1=O)Nc1cccc(Br)c1. The zero-order valence-corrected chi connectivity index (χ0v) is 15.5. The largest absolute Gasteiger partial charge is 0.325 e. The molecule has 25 heavy (non-hydrogen) atoms. The third-order valence-electron chi connectivity index (χ3n) is 3.64. The normalized spacial score (nSPS) is 17.0. The lowest BCUT2D eigenvalue weighted by atomic mass is 10.3. The highest BCUT2D eigenvalue weighted by Gasteiger charge is 2.39. The number of thioether (sulfide) groups is 1. The summed E-state index contributed by atoms with van der Waals surface area (Å²) in [5.74, 6) is -0.599. The maximum absolute atomic E-state index is 12.5.